The van der Waals surface area contributed by atoms with Gasteiger partial charge in [0.25, 0.3) is 0 Å². The zero-order valence-corrected chi connectivity index (χ0v) is 22.1. The molecule has 9 heteroatoms. The first-order valence-corrected chi connectivity index (χ1v) is 13.7. The highest BCUT2D eigenvalue weighted by Gasteiger charge is 2.20. The molecule has 2 aromatic carbocycles. The Hall–Kier alpha value is -2.62. The number of halogens is 1. The number of benzene rings is 2. The number of nitriles is 2. The molecule has 1 aliphatic rings. The van der Waals surface area contributed by atoms with E-state index in [-0.39, 0.29) is 16.9 Å². The second kappa shape index (κ2) is 24.5. The Kier molecular flexibility index (Phi) is 22.7. The Morgan fingerprint density at radius 3 is 2.09 bits per heavy atom. The van der Waals surface area contributed by atoms with Crippen molar-refractivity contribution in [3.8, 4) is 12.1 Å². The number of nitrogens with two attached hydrogens (primary N) is 1. The van der Waals surface area contributed by atoms with Crippen LogP contribution in [0.25, 0.3) is 0 Å². The molecule has 186 valence electrons. The molecule has 1 fully saturated rings. The van der Waals surface area contributed by atoms with Crippen LogP contribution in [0.5, 0.6) is 0 Å². The minimum absolute atomic E-state index is 0.0754. The van der Waals surface area contributed by atoms with Crippen molar-refractivity contribution in [1.29, 1.82) is 10.5 Å². The molecule has 6 nitrogen and oxygen atoms in total. The number of carbonyl (C=O) groups is 2. The van der Waals surface area contributed by atoms with Crippen LogP contribution in [0, 0.1) is 29.1 Å². The summed E-state index contributed by atoms with van der Waals surface area (Å²) in [5.74, 6) is 2.54. The van der Waals surface area contributed by atoms with Crippen molar-refractivity contribution in [3.05, 3.63) is 78.2 Å². The van der Waals surface area contributed by atoms with Gasteiger partial charge in [-0.3, -0.25) is 4.79 Å². The molecular weight excluding hydrogens is 500 g/mol. The lowest BCUT2D eigenvalue weighted by molar-refractivity contribution is -0.121. The summed E-state index contributed by atoms with van der Waals surface area (Å²) in [6.07, 6.45) is 4.06. The fraction of sp³-hybridized carbons (Fsp3) is 0.346. The lowest BCUT2D eigenvalue weighted by Crippen LogP contribution is -2.22. The molecule has 0 atom stereocenters. The van der Waals surface area contributed by atoms with Crippen molar-refractivity contribution in [1.82, 2.24) is 5.32 Å². The Morgan fingerprint density at radius 1 is 1.09 bits per heavy atom. The van der Waals surface area contributed by atoms with Gasteiger partial charge >= 0.3 is 5.12 Å². The van der Waals surface area contributed by atoms with Crippen molar-refractivity contribution in [2.24, 2.45) is 5.73 Å². The summed E-state index contributed by atoms with van der Waals surface area (Å²) in [4.78, 5) is 21.6. The van der Waals surface area contributed by atoms with Crippen LogP contribution in [0.4, 0.5) is 0 Å². The van der Waals surface area contributed by atoms with Gasteiger partial charge in [0.05, 0.1) is 17.9 Å². The van der Waals surface area contributed by atoms with Gasteiger partial charge in [-0.1, -0.05) is 60.7 Å². The predicted octanol–water partition coefficient (Wildman–Crippen LogP) is 5.09. The molecular formula is C26H32ClN4O2S2+. The molecule has 1 heterocycles. The molecule has 0 aliphatic carbocycles. The van der Waals surface area contributed by atoms with Crippen LogP contribution < -0.4 is 11.1 Å². The Balaban J connectivity index is 0.000000525. The van der Waals surface area contributed by atoms with E-state index in [2.05, 4.69) is 11.4 Å². The molecule has 1 aliphatic heterocycles. The van der Waals surface area contributed by atoms with Crippen LogP contribution in [0.2, 0.25) is 0 Å². The van der Waals surface area contributed by atoms with Crippen molar-refractivity contribution < 1.29 is 9.59 Å². The quantitative estimate of drug-likeness (QED) is 0.276. The average molecular weight is 532 g/mol. The lowest BCUT2D eigenvalue weighted by atomic mass is 10.2. The average Bonchev–Trinajstić information content (AvgIpc) is 3.40. The van der Waals surface area contributed by atoms with Gasteiger partial charge in [-0.25, -0.2) is 4.79 Å². The van der Waals surface area contributed by atoms with Crippen molar-refractivity contribution in [3.63, 3.8) is 0 Å². The second-order valence-electron chi connectivity index (χ2n) is 6.72. The fourth-order valence-corrected chi connectivity index (χ4v) is 3.60. The molecule has 2 aromatic rings. The molecule has 0 saturated carbocycles. The highest BCUT2D eigenvalue weighted by atomic mass is 35.5. The molecule has 0 radical (unpaired) electrons. The van der Waals surface area contributed by atoms with E-state index in [9.17, 15) is 9.59 Å². The van der Waals surface area contributed by atoms with Crippen LogP contribution in [-0.2, 0) is 22.7 Å². The maximum Gasteiger partial charge on any atom is 0.363 e. The summed E-state index contributed by atoms with van der Waals surface area (Å²) in [7, 11) is 0. The number of carbonyl (C=O) groups excluding carboxylic acids is 2. The fourth-order valence-electron chi connectivity index (χ4n) is 2.35. The summed E-state index contributed by atoms with van der Waals surface area (Å²) in [5, 5.41) is 19.0. The molecule has 0 aromatic heterocycles. The first kappa shape index (κ1) is 32.4. The molecule has 3 rings (SSSR count). The maximum atomic E-state index is 11.5. The summed E-state index contributed by atoms with van der Waals surface area (Å²) in [6.45, 7) is 1.23. The number of thioether (sulfide) groups is 2. The molecule has 3 N–H and O–H groups in total. The van der Waals surface area contributed by atoms with Gasteiger partial charge in [0, 0.05) is 25.3 Å². The van der Waals surface area contributed by atoms with Crippen molar-refractivity contribution in [2.45, 2.75) is 32.4 Å². The SMILES string of the molecule is N#CCCl.N#CCSCCCC(=O)NCc1ccccc1.NCc1ccccc1.O=C1[CH+]CCS1. The molecule has 1 saturated heterocycles. The standard InChI is InChI=1S/C13H16N2OS.C7H9N.C4H5OS.C2H2ClN/c14-8-10-17-9-4-7-13(16)15-11-12-5-2-1-3-6-12;8-6-7-4-2-1-3-5-7;5-4-2-1-3-6-4;3-1-2-4/h1-3,5-6H,4,7,9-11H2,(H,15,16);1-5H,6,8H2;2H,1,3H2;1H2/q;;+1;. The van der Waals surface area contributed by atoms with Gasteiger partial charge in [0.15, 0.2) is 6.42 Å². The minimum atomic E-state index is 0.0754. The molecule has 1 amide bonds. The first-order valence-electron chi connectivity index (χ1n) is 11.0. The van der Waals surface area contributed by atoms with Crippen LogP contribution >= 0.6 is 35.1 Å². The van der Waals surface area contributed by atoms with E-state index in [4.69, 9.17) is 27.9 Å². The topological polar surface area (TPSA) is 120 Å². The zero-order valence-electron chi connectivity index (χ0n) is 19.7. The number of hydrogen-bond acceptors (Lipinski definition) is 7. The van der Waals surface area contributed by atoms with Gasteiger partial charge in [0.1, 0.15) is 12.3 Å². The summed E-state index contributed by atoms with van der Waals surface area (Å²) < 4.78 is 0. The van der Waals surface area contributed by atoms with Gasteiger partial charge in [-0.2, -0.15) is 10.5 Å². The van der Waals surface area contributed by atoms with E-state index in [0.29, 0.717) is 25.3 Å². The van der Waals surface area contributed by atoms with E-state index in [1.807, 2.05) is 60.7 Å². The number of alkyl halides is 1. The van der Waals surface area contributed by atoms with Crippen LogP contribution in [0.1, 0.15) is 30.4 Å². The first-order chi connectivity index (χ1) is 17.1. The molecule has 0 bridgehead atoms. The number of amides is 1. The lowest BCUT2D eigenvalue weighted by Gasteiger charge is -2.04. The normalized spacial score (nSPS) is 10.9. The van der Waals surface area contributed by atoms with Gasteiger partial charge in [0.2, 0.25) is 5.91 Å². The second-order valence-corrected chi connectivity index (χ2v) is 9.19. The number of nitrogens with one attached hydrogen (secondary N) is 1. The minimum Gasteiger partial charge on any atom is -0.352 e. The third-order valence-electron chi connectivity index (χ3n) is 4.00. The van der Waals surface area contributed by atoms with E-state index >= 15 is 0 Å². The highest BCUT2D eigenvalue weighted by Crippen LogP contribution is 2.16. The smallest absolute Gasteiger partial charge is 0.352 e. The summed E-state index contributed by atoms with van der Waals surface area (Å²) in [5.41, 5.74) is 7.65. The Morgan fingerprint density at radius 2 is 1.69 bits per heavy atom. The van der Waals surface area contributed by atoms with Crippen molar-refractivity contribution in [2.75, 3.05) is 23.1 Å². The van der Waals surface area contributed by atoms with E-state index in [1.54, 1.807) is 24.3 Å². The third-order valence-corrected chi connectivity index (χ3v) is 5.92. The van der Waals surface area contributed by atoms with Gasteiger partial charge < -0.3 is 11.1 Å². The maximum absolute atomic E-state index is 11.5. The molecule has 0 unspecified atom stereocenters. The van der Waals surface area contributed by atoms with E-state index in [0.717, 1.165) is 29.9 Å². The van der Waals surface area contributed by atoms with Crippen LogP contribution in [0.15, 0.2) is 60.7 Å². The molecule has 35 heavy (non-hydrogen) atoms. The monoisotopic (exact) mass is 531 g/mol. The summed E-state index contributed by atoms with van der Waals surface area (Å²) in [6, 6.07) is 23.6. The van der Waals surface area contributed by atoms with E-state index in [1.165, 1.54) is 17.3 Å². The largest absolute Gasteiger partial charge is 0.363 e. The van der Waals surface area contributed by atoms with E-state index < -0.39 is 0 Å². The number of rotatable bonds is 8. The Labute approximate surface area is 222 Å². The third kappa shape index (κ3) is 21.6. The van der Waals surface area contributed by atoms with Crippen LogP contribution in [0.3, 0.4) is 0 Å². The number of hydrogen-bond donors (Lipinski definition) is 2. The predicted molar refractivity (Wildman–Crippen MR) is 148 cm³/mol. The van der Waals surface area contributed by atoms with Crippen molar-refractivity contribution >= 4 is 46.1 Å². The Bertz CT molecular complexity index is 880. The summed E-state index contributed by atoms with van der Waals surface area (Å²) >= 11 is 7.80. The number of nitrogens with zero attached hydrogens (tertiary/aromatic N) is 2. The zero-order chi connectivity index (χ0) is 26.0. The highest BCUT2D eigenvalue weighted by molar-refractivity contribution is 8.14. The molecule has 0 spiro atoms. The van der Waals surface area contributed by atoms with Crippen LogP contribution in [-0.4, -0.2) is 34.2 Å². The van der Waals surface area contributed by atoms with Gasteiger partial charge in [-0.05, 0) is 35.1 Å². The van der Waals surface area contributed by atoms with Gasteiger partial charge in [-0.15, -0.1) is 23.4 Å².